The molecule has 2 N–H and O–H groups in total. The molecule has 0 saturated heterocycles. The molecule has 0 bridgehead atoms. The highest BCUT2D eigenvalue weighted by atomic mass is 32.2. The van der Waals surface area contributed by atoms with Gasteiger partial charge in [-0.2, -0.15) is 0 Å². The van der Waals surface area contributed by atoms with Gasteiger partial charge in [0.1, 0.15) is 17.1 Å². The number of hydrogen-bond acceptors (Lipinski definition) is 6. The van der Waals surface area contributed by atoms with Crippen LogP contribution in [0.25, 0.3) is 0 Å². The molecule has 0 aliphatic rings. The highest BCUT2D eigenvalue weighted by molar-refractivity contribution is 7.98. The number of anilines is 1. The molecular weight excluding hydrogens is 264 g/mol. The van der Waals surface area contributed by atoms with E-state index in [1.165, 1.54) is 18.9 Å². The van der Waals surface area contributed by atoms with Crippen molar-refractivity contribution in [1.29, 1.82) is 0 Å². The van der Waals surface area contributed by atoms with Crippen molar-refractivity contribution in [1.82, 2.24) is 4.98 Å². The third kappa shape index (κ3) is 3.29. The molecule has 0 saturated carbocycles. The van der Waals surface area contributed by atoms with Gasteiger partial charge in [-0.3, -0.25) is 0 Å². The van der Waals surface area contributed by atoms with Gasteiger partial charge in [0, 0.05) is 0 Å². The average Bonchev–Trinajstić information content (AvgIpc) is 2.78. The molecule has 0 aliphatic heterocycles. The lowest BCUT2D eigenvalue weighted by Crippen LogP contribution is -2.00. The second-order valence-corrected chi connectivity index (χ2v) is 4.89. The Bertz CT molecular complexity index is 578. The van der Waals surface area contributed by atoms with Crippen molar-refractivity contribution < 1.29 is 13.9 Å². The molecule has 0 amide bonds. The zero-order valence-electron chi connectivity index (χ0n) is 10.7. The van der Waals surface area contributed by atoms with Gasteiger partial charge < -0.3 is 14.9 Å². The van der Waals surface area contributed by atoms with Gasteiger partial charge in [-0.05, 0) is 25.1 Å². The van der Waals surface area contributed by atoms with Crippen molar-refractivity contribution in [2.75, 3.05) is 12.8 Å². The number of methoxy groups -OCH3 is 1. The highest BCUT2D eigenvalue weighted by Gasteiger charge is 2.15. The van der Waals surface area contributed by atoms with Crippen molar-refractivity contribution in [2.45, 2.75) is 17.7 Å². The number of nitrogens with zero attached hydrogens (tertiary/aromatic N) is 1. The predicted octanol–water partition coefficient (Wildman–Crippen LogP) is 2.64. The van der Waals surface area contributed by atoms with E-state index in [1.54, 1.807) is 25.3 Å². The molecule has 0 aromatic carbocycles. The monoisotopic (exact) mass is 278 g/mol. The van der Waals surface area contributed by atoms with Gasteiger partial charge >= 0.3 is 5.97 Å². The summed E-state index contributed by atoms with van der Waals surface area (Å²) < 4.78 is 10.2. The summed E-state index contributed by atoms with van der Waals surface area (Å²) in [7, 11) is 1.35. The van der Waals surface area contributed by atoms with Gasteiger partial charge in [-0.1, -0.05) is 11.8 Å². The van der Waals surface area contributed by atoms with Crippen LogP contribution in [0.3, 0.4) is 0 Å². The summed E-state index contributed by atoms with van der Waals surface area (Å²) in [6.07, 6.45) is 1.61. The van der Waals surface area contributed by atoms with Crippen LogP contribution in [0.4, 0.5) is 5.69 Å². The normalized spacial score (nSPS) is 10.4. The van der Waals surface area contributed by atoms with Crippen molar-refractivity contribution in [2.24, 2.45) is 0 Å². The second kappa shape index (κ2) is 5.79. The maximum Gasteiger partial charge on any atom is 0.341 e. The number of carbonyl (C=O) groups excluding carboxylic acids is 1. The Hall–Kier alpha value is -1.95. The number of nitrogens with two attached hydrogens (primary N) is 1. The van der Waals surface area contributed by atoms with Crippen LogP contribution in [0.1, 0.15) is 21.9 Å². The van der Waals surface area contributed by atoms with E-state index in [9.17, 15) is 4.79 Å². The Labute approximate surface area is 115 Å². The fraction of sp³-hybridized carbons (Fsp3) is 0.231. The molecular formula is C13H14N2O3S. The molecule has 0 unspecified atom stereocenters. The van der Waals surface area contributed by atoms with E-state index < -0.39 is 0 Å². The predicted molar refractivity (Wildman–Crippen MR) is 73.0 cm³/mol. The Morgan fingerprint density at radius 1 is 1.53 bits per heavy atom. The minimum Gasteiger partial charge on any atom is -0.465 e. The summed E-state index contributed by atoms with van der Waals surface area (Å²) in [6.45, 7) is 1.74. The van der Waals surface area contributed by atoms with Gasteiger partial charge in [0.25, 0.3) is 0 Å². The third-order valence-electron chi connectivity index (χ3n) is 2.50. The third-order valence-corrected chi connectivity index (χ3v) is 3.46. The number of nitrogen functional groups attached to an aromatic ring is 1. The lowest BCUT2D eigenvalue weighted by atomic mass is 10.2. The molecule has 2 aromatic heterocycles. The first-order valence-corrected chi connectivity index (χ1v) is 6.60. The number of hydrogen-bond donors (Lipinski definition) is 1. The number of thioether (sulfide) groups is 1. The van der Waals surface area contributed by atoms with Crippen LogP contribution >= 0.6 is 11.8 Å². The number of esters is 1. The number of carbonyl (C=O) groups is 1. The number of furan rings is 1. The Morgan fingerprint density at radius 3 is 2.95 bits per heavy atom. The van der Waals surface area contributed by atoms with Gasteiger partial charge in [-0.25, -0.2) is 9.78 Å². The Morgan fingerprint density at radius 2 is 2.32 bits per heavy atom. The van der Waals surface area contributed by atoms with E-state index in [0.717, 1.165) is 5.03 Å². The quantitative estimate of drug-likeness (QED) is 0.684. The maximum absolute atomic E-state index is 11.4. The van der Waals surface area contributed by atoms with Crippen molar-refractivity contribution in [3.63, 3.8) is 0 Å². The smallest absolute Gasteiger partial charge is 0.341 e. The second-order valence-electron chi connectivity index (χ2n) is 3.89. The van der Waals surface area contributed by atoms with Gasteiger partial charge in [-0.15, -0.1) is 0 Å². The van der Waals surface area contributed by atoms with Gasteiger partial charge in [0.2, 0.25) is 0 Å². The maximum atomic E-state index is 11.4. The summed E-state index contributed by atoms with van der Waals surface area (Å²) in [4.78, 5) is 15.6. The van der Waals surface area contributed by atoms with Crippen LogP contribution in [0, 0.1) is 6.92 Å². The van der Waals surface area contributed by atoms with E-state index >= 15 is 0 Å². The lowest BCUT2D eigenvalue weighted by molar-refractivity contribution is 0.0599. The standard InChI is InChI=1S/C13H14N2O3S/c1-8-11(13(16)17-2)5-10(18-8)7-19-12-4-3-9(14)6-15-12/h3-6H,7,14H2,1-2H3. The molecule has 0 radical (unpaired) electrons. The number of aryl methyl sites for hydroxylation is 1. The topological polar surface area (TPSA) is 78.4 Å². The van der Waals surface area contributed by atoms with Crippen LogP contribution in [0.5, 0.6) is 0 Å². The molecule has 0 aliphatic carbocycles. The van der Waals surface area contributed by atoms with E-state index in [4.69, 9.17) is 10.2 Å². The van der Waals surface area contributed by atoms with Crippen LogP contribution < -0.4 is 5.73 Å². The molecule has 100 valence electrons. The fourth-order valence-corrected chi connectivity index (χ4v) is 2.27. The minimum absolute atomic E-state index is 0.386. The fourth-order valence-electron chi connectivity index (χ4n) is 1.55. The van der Waals surface area contributed by atoms with E-state index in [1.807, 2.05) is 6.07 Å². The number of rotatable bonds is 4. The zero-order chi connectivity index (χ0) is 13.8. The molecule has 2 heterocycles. The molecule has 5 nitrogen and oxygen atoms in total. The van der Waals surface area contributed by atoms with Crippen LogP contribution in [-0.2, 0) is 10.5 Å². The molecule has 0 atom stereocenters. The van der Waals surface area contributed by atoms with Crippen molar-refractivity contribution >= 4 is 23.4 Å². The SMILES string of the molecule is COC(=O)c1cc(CSc2ccc(N)cn2)oc1C. The summed E-state index contributed by atoms with van der Waals surface area (Å²) in [5.74, 6) is 1.48. The average molecular weight is 278 g/mol. The zero-order valence-corrected chi connectivity index (χ0v) is 11.5. The Balaban J connectivity index is 2.04. The molecule has 0 fully saturated rings. The summed E-state index contributed by atoms with van der Waals surface area (Å²) in [5, 5.41) is 0.850. The minimum atomic E-state index is -0.386. The number of pyridine rings is 1. The van der Waals surface area contributed by atoms with Crippen LogP contribution in [0.2, 0.25) is 0 Å². The van der Waals surface area contributed by atoms with Gasteiger partial charge in [0.15, 0.2) is 0 Å². The molecule has 6 heteroatoms. The van der Waals surface area contributed by atoms with E-state index in [-0.39, 0.29) is 5.97 Å². The molecule has 2 aromatic rings. The van der Waals surface area contributed by atoms with E-state index in [0.29, 0.717) is 28.5 Å². The number of ether oxygens (including phenoxy) is 1. The van der Waals surface area contributed by atoms with Crippen molar-refractivity contribution in [3.8, 4) is 0 Å². The van der Waals surface area contributed by atoms with Crippen LogP contribution in [-0.4, -0.2) is 18.1 Å². The Kier molecular flexibility index (Phi) is 4.11. The number of aromatic nitrogens is 1. The highest BCUT2D eigenvalue weighted by Crippen LogP contribution is 2.24. The molecule has 0 spiro atoms. The summed E-state index contributed by atoms with van der Waals surface area (Å²) in [6, 6.07) is 5.34. The van der Waals surface area contributed by atoms with E-state index in [2.05, 4.69) is 9.72 Å². The first-order valence-electron chi connectivity index (χ1n) is 5.62. The summed E-state index contributed by atoms with van der Waals surface area (Å²) in [5.41, 5.74) is 6.66. The van der Waals surface area contributed by atoms with Crippen LogP contribution in [0.15, 0.2) is 33.8 Å². The molecule has 2 rings (SSSR count). The lowest BCUT2D eigenvalue weighted by Gasteiger charge is -1.98. The van der Waals surface area contributed by atoms with Gasteiger partial charge in [0.05, 0.1) is 29.8 Å². The summed E-state index contributed by atoms with van der Waals surface area (Å²) >= 11 is 1.51. The molecule has 19 heavy (non-hydrogen) atoms. The largest absolute Gasteiger partial charge is 0.465 e. The first kappa shape index (κ1) is 13.5. The first-order chi connectivity index (χ1) is 9.10. The van der Waals surface area contributed by atoms with Crippen molar-refractivity contribution in [3.05, 3.63) is 41.5 Å².